The third-order valence-corrected chi connectivity index (χ3v) is 6.58. The molecule has 0 aromatic heterocycles. The molecule has 5 rings (SSSR count). The summed E-state index contributed by atoms with van der Waals surface area (Å²) in [6.45, 7) is 1.54. The minimum absolute atomic E-state index is 0.0938. The molecule has 4 aromatic carbocycles. The molecular formula is C28H21N3O3S. The molecule has 4 aromatic rings. The number of phenolic OH excluding ortho intramolecular Hbond substituents is 2. The Morgan fingerprint density at radius 1 is 0.743 bits per heavy atom. The zero-order valence-corrected chi connectivity index (χ0v) is 19.6. The topological polar surface area (TPSA) is 85.5 Å². The Kier molecular flexibility index (Phi) is 6.08. The molecule has 1 aliphatic rings. The van der Waals surface area contributed by atoms with Crippen molar-refractivity contribution in [2.24, 2.45) is 9.98 Å². The average molecular weight is 480 g/mol. The van der Waals surface area contributed by atoms with Crippen LogP contribution < -0.4 is 4.90 Å². The highest BCUT2D eigenvalue weighted by molar-refractivity contribution is 7.99. The van der Waals surface area contributed by atoms with Crippen molar-refractivity contribution in [3.8, 4) is 11.5 Å². The fourth-order valence-electron chi connectivity index (χ4n) is 3.77. The Hall–Kier alpha value is -4.36. The van der Waals surface area contributed by atoms with Crippen LogP contribution in [-0.4, -0.2) is 28.5 Å². The lowest BCUT2D eigenvalue weighted by molar-refractivity contribution is -0.115. The first kappa shape index (κ1) is 22.4. The maximum atomic E-state index is 12.6. The summed E-state index contributed by atoms with van der Waals surface area (Å²) < 4.78 is 0. The van der Waals surface area contributed by atoms with E-state index in [4.69, 9.17) is 0 Å². The number of aliphatic imine (C=N–C) groups is 2. The van der Waals surface area contributed by atoms with Crippen LogP contribution in [0.4, 0.5) is 22.7 Å². The van der Waals surface area contributed by atoms with E-state index < -0.39 is 0 Å². The molecule has 6 nitrogen and oxygen atoms in total. The van der Waals surface area contributed by atoms with Crippen LogP contribution in [0.15, 0.2) is 105 Å². The monoisotopic (exact) mass is 479 g/mol. The summed E-state index contributed by atoms with van der Waals surface area (Å²) in [4.78, 5) is 25.1. The summed E-state index contributed by atoms with van der Waals surface area (Å²) in [5.74, 6) is 0.234. The van der Waals surface area contributed by atoms with E-state index in [0.717, 1.165) is 21.2 Å². The molecule has 7 heteroatoms. The molecule has 0 radical (unpaired) electrons. The van der Waals surface area contributed by atoms with E-state index in [1.54, 1.807) is 65.5 Å². The second-order valence-corrected chi connectivity index (χ2v) is 8.98. The molecule has 0 unspecified atom stereocenters. The lowest BCUT2D eigenvalue weighted by atomic mass is 10.2. The number of rotatable bonds is 4. The van der Waals surface area contributed by atoms with Gasteiger partial charge in [-0.1, -0.05) is 36.0 Å². The van der Waals surface area contributed by atoms with Crippen LogP contribution in [-0.2, 0) is 4.79 Å². The standard InChI is InChI=1S/C28H21N3O3S/c1-18(32)31-23-12-10-21(29-16-19-6-2-4-8-25(19)33)14-27(23)35-28-15-22(11-13-24(28)31)30-17-20-7-3-5-9-26(20)34/h2-17,33-34H,1H3. The number of carbonyl (C=O) groups excluding carboxylic acids is 1. The maximum Gasteiger partial charge on any atom is 0.228 e. The van der Waals surface area contributed by atoms with Gasteiger partial charge in [0.25, 0.3) is 0 Å². The van der Waals surface area contributed by atoms with Crippen LogP contribution in [0.3, 0.4) is 0 Å². The van der Waals surface area contributed by atoms with Crippen molar-refractivity contribution in [1.29, 1.82) is 0 Å². The van der Waals surface area contributed by atoms with Crippen molar-refractivity contribution in [1.82, 2.24) is 0 Å². The van der Waals surface area contributed by atoms with Crippen molar-refractivity contribution in [3.63, 3.8) is 0 Å². The number of para-hydroxylation sites is 2. The van der Waals surface area contributed by atoms with E-state index in [1.165, 1.54) is 6.92 Å². The molecule has 0 aliphatic carbocycles. The lowest BCUT2D eigenvalue weighted by Crippen LogP contribution is -2.25. The number of anilines is 2. The van der Waals surface area contributed by atoms with Gasteiger partial charge in [-0.2, -0.15) is 0 Å². The number of hydrogen-bond acceptors (Lipinski definition) is 6. The molecular weight excluding hydrogens is 458 g/mol. The van der Waals surface area contributed by atoms with Crippen molar-refractivity contribution in [3.05, 3.63) is 96.1 Å². The van der Waals surface area contributed by atoms with Crippen LogP contribution in [0.5, 0.6) is 11.5 Å². The van der Waals surface area contributed by atoms with Gasteiger partial charge in [-0.3, -0.25) is 19.7 Å². The molecule has 2 N–H and O–H groups in total. The van der Waals surface area contributed by atoms with Gasteiger partial charge in [0.05, 0.1) is 22.7 Å². The molecule has 35 heavy (non-hydrogen) atoms. The normalized spacial score (nSPS) is 12.7. The largest absolute Gasteiger partial charge is 0.507 e. The smallest absolute Gasteiger partial charge is 0.228 e. The van der Waals surface area contributed by atoms with Crippen LogP contribution in [0, 0.1) is 0 Å². The summed E-state index contributed by atoms with van der Waals surface area (Å²) in [5, 5.41) is 20.0. The quantitative estimate of drug-likeness (QED) is 0.317. The van der Waals surface area contributed by atoms with Crippen molar-refractivity contribution in [2.45, 2.75) is 16.7 Å². The molecule has 1 amide bonds. The fourth-order valence-corrected chi connectivity index (χ4v) is 4.89. The molecule has 0 atom stereocenters. The van der Waals surface area contributed by atoms with E-state index in [2.05, 4.69) is 9.98 Å². The van der Waals surface area contributed by atoms with Gasteiger partial charge in [0.15, 0.2) is 0 Å². The number of nitrogens with zero attached hydrogens (tertiary/aromatic N) is 3. The number of phenols is 2. The molecule has 0 saturated carbocycles. The highest BCUT2D eigenvalue weighted by Gasteiger charge is 2.26. The van der Waals surface area contributed by atoms with Crippen LogP contribution in [0.25, 0.3) is 0 Å². The van der Waals surface area contributed by atoms with Crippen LogP contribution in [0.2, 0.25) is 0 Å². The molecule has 0 saturated heterocycles. The highest BCUT2D eigenvalue weighted by Crippen LogP contribution is 2.50. The minimum Gasteiger partial charge on any atom is -0.507 e. The van der Waals surface area contributed by atoms with E-state index in [-0.39, 0.29) is 17.4 Å². The third-order valence-electron chi connectivity index (χ3n) is 5.48. The second-order valence-electron chi connectivity index (χ2n) is 7.89. The summed E-state index contributed by atoms with van der Waals surface area (Å²) in [6.07, 6.45) is 3.24. The van der Waals surface area contributed by atoms with Gasteiger partial charge in [0.1, 0.15) is 11.5 Å². The Balaban J connectivity index is 1.47. The average Bonchev–Trinajstić information content (AvgIpc) is 2.86. The number of fused-ring (bicyclic) bond motifs is 2. The first-order valence-corrected chi connectivity index (χ1v) is 11.7. The molecule has 0 bridgehead atoms. The van der Waals surface area contributed by atoms with Gasteiger partial charge in [-0.15, -0.1) is 0 Å². The zero-order chi connectivity index (χ0) is 24.4. The van der Waals surface area contributed by atoms with Gasteiger partial charge in [-0.05, 0) is 60.7 Å². The van der Waals surface area contributed by atoms with Gasteiger partial charge in [0, 0.05) is 40.3 Å². The van der Waals surface area contributed by atoms with Gasteiger partial charge < -0.3 is 10.2 Å². The number of hydrogen-bond donors (Lipinski definition) is 2. The number of carbonyl (C=O) groups is 1. The first-order chi connectivity index (χ1) is 17.0. The summed E-state index contributed by atoms with van der Waals surface area (Å²) >= 11 is 1.54. The van der Waals surface area contributed by atoms with E-state index in [0.29, 0.717) is 22.5 Å². The fraction of sp³-hybridized carbons (Fsp3) is 0.0357. The lowest BCUT2D eigenvalue weighted by Gasteiger charge is -2.30. The minimum atomic E-state index is -0.0938. The van der Waals surface area contributed by atoms with E-state index in [1.807, 2.05) is 48.5 Å². The Bertz CT molecular complexity index is 1390. The number of aromatic hydroxyl groups is 2. The molecule has 1 heterocycles. The Morgan fingerprint density at radius 2 is 1.20 bits per heavy atom. The molecule has 0 spiro atoms. The SMILES string of the molecule is CC(=O)N1c2ccc(N=Cc3ccccc3O)cc2Sc2cc(N=Cc3ccccc3O)ccc21. The van der Waals surface area contributed by atoms with Crippen molar-refractivity contribution in [2.75, 3.05) is 4.90 Å². The van der Waals surface area contributed by atoms with Crippen LogP contribution >= 0.6 is 11.8 Å². The van der Waals surface area contributed by atoms with Gasteiger partial charge >= 0.3 is 0 Å². The second kappa shape index (κ2) is 9.48. The number of benzene rings is 4. The van der Waals surface area contributed by atoms with Crippen molar-refractivity contribution < 1.29 is 15.0 Å². The maximum absolute atomic E-state index is 12.6. The number of amides is 1. The molecule has 1 aliphatic heterocycles. The van der Waals surface area contributed by atoms with Crippen molar-refractivity contribution >= 4 is 52.8 Å². The molecule has 0 fully saturated rings. The predicted octanol–water partition coefficient (Wildman–Crippen LogP) is 6.75. The van der Waals surface area contributed by atoms with E-state index in [9.17, 15) is 15.0 Å². The Morgan fingerprint density at radius 3 is 1.63 bits per heavy atom. The zero-order valence-electron chi connectivity index (χ0n) is 18.8. The predicted molar refractivity (Wildman–Crippen MR) is 141 cm³/mol. The van der Waals surface area contributed by atoms with Gasteiger partial charge in [0.2, 0.25) is 5.91 Å². The Labute approximate surface area is 206 Å². The summed E-state index contributed by atoms with van der Waals surface area (Å²) in [5.41, 5.74) is 4.25. The van der Waals surface area contributed by atoms with E-state index >= 15 is 0 Å². The van der Waals surface area contributed by atoms with Crippen LogP contribution in [0.1, 0.15) is 18.1 Å². The van der Waals surface area contributed by atoms with Gasteiger partial charge in [-0.25, -0.2) is 0 Å². The first-order valence-electron chi connectivity index (χ1n) is 10.9. The third kappa shape index (κ3) is 4.67. The summed E-state index contributed by atoms with van der Waals surface area (Å²) in [6, 6.07) is 25.3. The highest BCUT2D eigenvalue weighted by atomic mass is 32.2. The summed E-state index contributed by atoms with van der Waals surface area (Å²) in [7, 11) is 0. The molecule has 172 valence electrons.